The van der Waals surface area contributed by atoms with E-state index >= 15 is 0 Å². The third kappa shape index (κ3) is 3.32. The molecule has 2 aliphatic rings. The minimum atomic E-state index is -0.855. The van der Waals surface area contributed by atoms with Crippen molar-refractivity contribution in [3.63, 3.8) is 0 Å². The topological polar surface area (TPSA) is 93.1 Å². The Morgan fingerprint density at radius 2 is 2.06 bits per heavy atom. The maximum Gasteiger partial charge on any atom is 0.296 e. The van der Waals surface area contributed by atoms with Gasteiger partial charge in [0.05, 0.1) is 25.0 Å². The Hall–Kier alpha value is -3.74. The molecule has 0 spiro atoms. The van der Waals surface area contributed by atoms with Crippen molar-refractivity contribution in [1.82, 2.24) is 4.90 Å². The number of nitrogens with zero attached hydrogens (tertiary/aromatic N) is 1. The molecule has 7 nitrogen and oxygen atoms in total. The highest BCUT2D eigenvalue weighted by molar-refractivity contribution is 6.46. The Morgan fingerprint density at radius 1 is 1.19 bits per heavy atom. The number of hydrogen-bond donors (Lipinski definition) is 1. The number of carbonyl (C=O) groups excluding carboxylic acids is 2. The number of aliphatic hydroxyl groups is 1. The van der Waals surface area contributed by atoms with Gasteiger partial charge in [-0.1, -0.05) is 0 Å². The van der Waals surface area contributed by atoms with E-state index in [-0.39, 0.29) is 17.9 Å². The zero-order valence-electron chi connectivity index (χ0n) is 17.0. The second kappa shape index (κ2) is 7.50. The van der Waals surface area contributed by atoms with Crippen molar-refractivity contribution in [2.24, 2.45) is 0 Å². The van der Waals surface area contributed by atoms with Crippen LogP contribution in [0.25, 0.3) is 5.76 Å². The number of benzene rings is 1. The monoisotopic (exact) mass is 419 g/mol. The second-order valence-corrected chi connectivity index (χ2v) is 7.73. The molecule has 2 aromatic heterocycles. The van der Waals surface area contributed by atoms with Crippen molar-refractivity contribution in [2.75, 3.05) is 6.61 Å². The van der Waals surface area contributed by atoms with E-state index in [0.29, 0.717) is 29.5 Å². The number of ether oxygens (including phenoxy) is 1. The summed E-state index contributed by atoms with van der Waals surface area (Å²) in [7, 11) is 0. The number of aliphatic hydroxyl groups excluding tert-OH is 1. The summed E-state index contributed by atoms with van der Waals surface area (Å²) >= 11 is 0. The Balaban J connectivity index is 1.62. The van der Waals surface area contributed by atoms with Gasteiger partial charge < -0.3 is 23.6 Å². The Morgan fingerprint density at radius 3 is 2.81 bits per heavy atom. The molecule has 2 aliphatic heterocycles. The molecule has 7 heteroatoms. The van der Waals surface area contributed by atoms with E-state index in [1.807, 2.05) is 6.07 Å². The lowest BCUT2D eigenvalue weighted by atomic mass is 9.96. The van der Waals surface area contributed by atoms with Gasteiger partial charge in [0.2, 0.25) is 0 Å². The largest absolute Gasteiger partial charge is 0.507 e. The summed E-state index contributed by atoms with van der Waals surface area (Å²) < 4.78 is 16.8. The molecule has 5 rings (SSSR count). The molecule has 0 aliphatic carbocycles. The Labute approximate surface area is 178 Å². The van der Waals surface area contributed by atoms with Crippen LogP contribution in [0.2, 0.25) is 0 Å². The maximum atomic E-state index is 13.0. The van der Waals surface area contributed by atoms with Crippen molar-refractivity contribution in [3.8, 4) is 5.75 Å². The van der Waals surface area contributed by atoms with Gasteiger partial charge in [-0.3, -0.25) is 9.59 Å². The molecule has 0 saturated carbocycles. The number of carbonyl (C=O) groups is 2. The van der Waals surface area contributed by atoms with Gasteiger partial charge in [0.25, 0.3) is 11.7 Å². The van der Waals surface area contributed by atoms with E-state index in [4.69, 9.17) is 13.6 Å². The molecule has 1 amide bonds. The molecule has 3 aromatic rings. The zero-order valence-corrected chi connectivity index (χ0v) is 17.0. The average molecular weight is 419 g/mol. The molecule has 1 aromatic carbocycles. The first-order chi connectivity index (χ1) is 15.0. The van der Waals surface area contributed by atoms with Crippen LogP contribution in [-0.4, -0.2) is 28.3 Å². The SMILES string of the molecule is Cc1ccc(C2/C(=C(/O)c3ccc4c(c3)CCCO4)C(=O)C(=O)N2Cc2ccco2)o1. The number of likely N-dealkylation sites (tertiary alicyclic amines) is 1. The van der Waals surface area contributed by atoms with E-state index in [0.717, 1.165) is 24.2 Å². The van der Waals surface area contributed by atoms with Gasteiger partial charge in [-0.25, -0.2) is 0 Å². The lowest BCUT2D eigenvalue weighted by molar-refractivity contribution is -0.140. The smallest absolute Gasteiger partial charge is 0.296 e. The summed E-state index contributed by atoms with van der Waals surface area (Å²) in [6.45, 7) is 2.52. The molecule has 0 bridgehead atoms. The first-order valence-corrected chi connectivity index (χ1v) is 10.2. The highest BCUT2D eigenvalue weighted by atomic mass is 16.5. The molecular formula is C24H21NO6. The summed E-state index contributed by atoms with van der Waals surface area (Å²) in [6, 6.07) is 11.4. The van der Waals surface area contributed by atoms with Gasteiger partial charge in [0.15, 0.2) is 0 Å². The van der Waals surface area contributed by atoms with Crippen molar-refractivity contribution < 1.29 is 28.3 Å². The predicted octanol–water partition coefficient (Wildman–Crippen LogP) is 4.13. The van der Waals surface area contributed by atoms with Crippen molar-refractivity contribution >= 4 is 17.4 Å². The summed E-state index contributed by atoms with van der Waals surface area (Å²) in [4.78, 5) is 27.3. The van der Waals surface area contributed by atoms with Gasteiger partial charge in [-0.05, 0) is 67.8 Å². The van der Waals surface area contributed by atoms with E-state index < -0.39 is 17.7 Å². The number of rotatable bonds is 4. The van der Waals surface area contributed by atoms with Crippen molar-refractivity contribution in [2.45, 2.75) is 32.4 Å². The second-order valence-electron chi connectivity index (χ2n) is 7.73. The summed E-state index contributed by atoms with van der Waals surface area (Å²) in [5, 5.41) is 11.2. The molecule has 1 fully saturated rings. The first-order valence-electron chi connectivity index (χ1n) is 10.2. The normalized spacial score (nSPS) is 20.0. The first kappa shape index (κ1) is 19.2. The molecule has 158 valence electrons. The summed E-state index contributed by atoms with van der Waals surface area (Å²) in [6.07, 6.45) is 3.22. The number of furan rings is 2. The Kier molecular flexibility index (Phi) is 4.66. The van der Waals surface area contributed by atoms with Crippen LogP contribution in [0.4, 0.5) is 0 Å². The fourth-order valence-corrected chi connectivity index (χ4v) is 4.17. The van der Waals surface area contributed by atoms with Gasteiger partial charge in [0, 0.05) is 5.56 Å². The van der Waals surface area contributed by atoms with Crippen LogP contribution in [0.15, 0.2) is 63.1 Å². The molecule has 1 atom stereocenters. The number of fused-ring (bicyclic) bond motifs is 1. The van der Waals surface area contributed by atoms with Gasteiger partial charge in [0.1, 0.15) is 34.8 Å². The highest BCUT2D eigenvalue weighted by Crippen LogP contribution is 2.41. The van der Waals surface area contributed by atoms with Crippen molar-refractivity contribution in [3.05, 3.63) is 82.7 Å². The van der Waals surface area contributed by atoms with Crippen molar-refractivity contribution in [1.29, 1.82) is 0 Å². The van der Waals surface area contributed by atoms with E-state index in [1.54, 1.807) is 43.3 Å². The van der Waals surface area contributed by atoms with Crippen LogP contribution in [0, 0.1) is 6.92 Å². The molecular weight excluding hydrogens is 398 g/mol. The Bertz CT molecular complexity index is 1190. The van der Waals surface area contributed by atoms with E-state index in [1.165, 1.54) is 11.2 Å². The fraction of sp³-hybridized carbons (Fsp3) is 0.250. The third-order valence-electron chi connectivity index (χ3n) is 5.66. The van der Waals surface area contributed by atoms with Crippen LogP contribution < -0.4 is 4.74 Å². The van der Waals surface area contributed by atoms with Gasteiger partial charge in [-0.2, -0.15) is 0 Å². The minimum Gasteiger partial charge on any atom is -0.507 e. The lowest BCUT2D eigenvalue weighted by Crippen LogP contribution is -2.28. The maximum absolute atomic E-state index is 13.0. The van der Waals surface area contributed by atoms with Crippen LogP contribution in [-0.2, 0) is 22.6 Å². The van der Waals surface area contributed by atoms with E-state index in [9.17, 15) is 14.7 Å². The zero-order chi connectivity index (χ0) is 21.5. The van der Waals surface area contributed by atoms with Crippen LogP contribution in [0.1, 0.15) is 40.9 Å². The fourth-order valence-electron chi connectivity index (χ4n) is 4.17. The predicted molar refractivity (Wildman–Crippen MR) is 110 cm³/mol. The number of amides is 1. The highest BCUT2D eigenvalue weighted by Gasteiger charge is 2.47. The summed E-state index contributed by atoms with van der Waals surface area (Å²) in [5.41, 5.74) is 1.43. The van der Waals surface area contributed by atoms with Gasteiger partial charge >= 0.3 is 0 Å². The molecule has 31 heavy (non-hydrogen) atoms. The van der Waals surface area contributed by atoms with Crippen LogP contribution >= 0.6 is 0 Å². The molecule has 0 radical (unpaired) electrons. The molecule has 1 saturated heterocycles. The average Bonchev–Trinajstić information content (AvgIpc) is 3.50. The lowest BCUT2D eigenvalue weighted by Gasteiger charge is -2.22. The van der Waals surface area contributed by atoms with E-state index in [2.05, 4.69) is 0 Å². The van der Waals surface area contributed by atoms with Gasteiger partial charge in [-0.15, -0.1) is 0 Å². The molecule has 1 N–H and O–H groups in total. The number of aryl methyl sites for hydroxylation is 2. The third-order valence-corrected chi connectivity index (χ3v) is 5.66. The summed E-state index contributed by atoms with van der Waals surface area (Å²) in [5.74, 6) is 0.666. The van der Waals surface area contributed by atoms with Crippen LogP contribution in [0.3, 0.4) is 0 Å². The number of Topliss-reactive ketones (excluding diaryl/α,β-unsaturated/α-hetero) is 1. The number of ketones is 1. The van der Waals surface area contributed by atoms with Crippen LogP contribution in [0.5, 0.6) is 5.75 Å². The quantitative estimate of drug-likeness (QED) is 0.388. The minimum absolute atomic E-state index is 0.00239. The standard InChI is InChI=1S/C24H21NO6/c1-14-6-8-19(31-14)21-20(23(27)24(28)25(21)13-17-5-3-10-29-17)22(26)16-7-9-18-15(12-16)4-2-11-30-18/h3,5-10,12,21,26H,2,4,11,13H2,1H3/b22-20-. The molecule has 4 heterocycles. The number of hydrogen-bond acceptors (Lipinski definition) is 6. The molecule has 1 unspecified atom stereocenters.